The topological polar surface area (TPSA) is 9.23 Å². The van der Waals surface area contributed by atoms with Gasteiger partial charge in [0, 0.05) is 5.02 Å². The maximum absolute atomic E-state index is 6.10. The highest BCUT2D eigenvalue weighted by Crippen LogP contribution is 2.37. The van der Waals surface area contributed by atoms with Crippen molar-refractivity contribution < 1.29 is 4.43 Å². The minimum Gasteiger partial charge on any atom is -0.544 e. The molecule has 0 aliphatic heterocycles. The van der Waals surface area contributed by atoms with E-state index in [0.717, 1.165) is 10.8 Å². The van der Waals surface area contributed by atoms with E-state index in [1.54, 1.807) is 0 Å². The lowest BCUT2D eigenvalue weighted by Gasteiger charge is -2.36. The zero-order chi connectivity index (χ0) is 11.7. The Bertz CT molecular complexity index is 324. The molecule has 1 nitrogen and oxygen atoms in total. The predicted molar refractivity (Wildman–Crippen MR) is 69.3 cm³/mol. The first-order valence-electron chi connectivity index (χ1n) is 5.17. The monoisotopic (exact) mass is 242 g/mol. The molecule has 1 aromatic carbocycles. The fourth-order valence-electron chi connectivity index (χ4n) is 0.950. The Kier molecular flexibility index (Phi) is 3.51. The average Bonchev–Trinajstić information content (AvgIpc) is 2.06. The lowest BCUT2D eigenvalue weighted by Crippen LogP contribution is -2.43. The molecular weight excluding hydrogens is 224 g/mol. The minimum atomic E-state index is -1.71. The van der Waals surface area contributed by atoms with E-state index in [9.17, 15) is 0 Å². The Morgan fingerprint density at radius 2 is 1.53 bits per heavy atom. The quantitative estimate of drug-likeness (QED) is 0.682. The van der Waals surface area contributed by atoms with Crippen LogP contribution in [0.4, 0.5) is 0 Å². The average molecular weight is 243 g/mol. The first-order chi connectivity index (χ1) is 6.72. The third kappa shape index (κ3) is 3.25. The van der Waals surface area contributed by atoms with E-state index >= 15 is 0 Å². The molecule has 0 aliphatic carbocycles. The van der Waals surface area contributed by atoms with Crippen LogP contribution in [0.25, 0.3) is 0 Å². The van der Waals surface area contributed by atoms with Gasteiger partial charge in [-0.2, -0.15) is 0 Å². The second kappa shape index (κ2) is 4.18. The lowest BCUT2D eigenvalue weighted by atomic mass is 10.2. The Morgan fingerprint density at radius 3 is 1.93 bits per heavy atom. The highest BCUT2D eigenvalue weighted by Gasteiger charge is 2.38. The molecule has 0 atom stereocenters. The van der Waals surface area contributed by atoms with E-state index in [2.05, 4.69) is 33.9 Å². The Labute approximate surface area is 98.5 Å². The van der Waals surface area contributed by atoms with Gasteiger partial charge in [-0.1, -0.05) is 32.4 Å². The molecule has 0 aromatic heterocycles. The van der Waals surface area contributed by atoms with Crippen LogP contribution in [0, 0.1) is 0 Å². The fourth-order valence-corrected chi connectivity index (χ4v) is 2.11. The van der Waals surface area contributed by atoms with Crippen LogP contribution in [-0.4, -0.2) is 8.32 Å². The van der Waals surface area contributed by atoms with Crippen LogP contribution in [-0.2, 0) is 0 Å². The lowest BCUT2D eigenvalue weighted by molar-refractivity contribution is 0.492. The van der Waals surface area contributed by atoms with Gasteiger partial charge in [-0.05, 0) is 42.4 Å². The van der Waals surface area contributed by atoms with Crippen molar-refractivity contribution in [1.29, 1.82) is 0 Å². The van der Waals surface area contributed by atoms with Gasteiger partial charge in [0.05, 0.1) is 0 Å². The molecule has 0 spiro atoms. The van der Waals surface area contributed by atoms with Crippen molar-refractivity contribution in [3.8, 4) is 5.75 Å². The third-order valence-electron chi connectivity index (χ3n) is 2.99. The summed E-state index contributed by atoms with van der Waals surface area (Å²) in [6, 6.07) is 7.60. The largest absolute Gasteiger partial charge is 0.544 e. The molecule has 1 aromatic rings. The first-order valence-corrected chi connectivity index (χ1v) is 8.45. The molecule has 0 heterocycles. The standard InChI is InChI=1S/C12H19ClOSi/c1-12(2,3)15(4,5)14-11-8-6-10(13)7-9-11/h6-9H,1-5H3. The van der Waals surface area contributed by atoms with Crippen molar-refractivity contribution >= 4 is 19.9 Å². The van der Waals surface area contributed by atoms with Crippen molar-refractivity contribution in [3.63, 3.8) is 0 Å². The third-order valence-corrected chi connectivity index (χ3v) is 7.60. The molecule has 0 radical (unpaired) electrons. The molecule has 15 heavy (non-hydrogen) atoms. The Balaban J connectivity index is 2.82. The maximum Gasteiger partial charge on any atom is 0.250 e. The molecular formula is C12H19ClOSi. The maximum atomic E-state index is 6.10. The van der Waals surface area contributed by atoms with E-state index in [1.165, 1.54) is 0 Å². The smallest absolute Gasteiger partial charge is 0.250 e. The molecule has 0 saturated heterocycles. The van der Waals surface area contributed by atoms with Crippen LogP contribution in [0.5, 0.6) is 5.75 Å². The number of halogens is 1. The summed E-state index contributed by atoms with van der Waals surface area (Å²) < 4.78 is 6.10. The van der Waals surface area contributed by atoms with Gasteiger partial charge in [0.2, 0.25) is 8.32 Å². The number of benzene rings is 1. The number of hydrogen-bond donors (Lipinski definition) is 0. The van der Waals surface area contributed by atoms with E-state index in [1.807, 2.05) is 24.3 Å². The summed E-state index contributed by atoms with van der Waals surface area (Å²) in [5, 5.41) is 0.977. The SMILES string of the molecule is CC(C)(C)[Si](C)(C)Oc1ccc(Cl)cc1. The first kappa shape index (κ1) is 12.6. The summed E-state index contributed by atoms with van der Waals surface area (Å²) in [4.78, 5) is 0. The van der Waals surface area contributed by atoms with Gasteiger partial charge in [0.1, 0.15) is 5.75 Å². The summed E-state index contributed by atoms with van der Waals surface area (Å²) in [5.41, 5.74) is 0. The molecule has 3 heteroatoms. The van der Waals surface area contributed by atoms with Crippen LogP contribution < -0.4 is 4.43 Å². The van der Waals surface area contributed by atoms with Gasteiger partial charge in [-0.25, -0.2) is 0 Å². The van der Waals surface area contributed by atoms with Crippen LogP contribution in [0.15, 0.2) is 24.3 Å². The summed E-state index contributed by atoms with van der Waals surface area (Å²) in [6.45, 7) is 11.2. The predicted octanol–water partition coefficient (Wildman–Crippen LogP) is 4.72. The van der Waals surface area contributed by atoms with Gasteiger partial charge in [0.15, 0.2) is 0 Å². The summed E-state index contributed by atoms with van der Waals surface area (Å²) >= 11 is 5.83. The molecule has 0 aliphatic rings. The highest BCUT2D eigenvalue weighted by molar-refractivity contribution is 6.74. The van der Waals surface area contributed by atoms with Crippen LogP contribution >= 0.6 is 11.6 Å². The minimum absolute atomic E-state index is 0.229. The van der Waals surface area contributed by atoms with E-state index < -0.39 is 8.32 Å². The van der Waals surface area contributed by atoms with E-state index in [0.29, 0.717) is 0 Å². The van der Waals surface area contributed by atoms with Gasteiger partial charge in [-0.3, -0.25) is 0 Å². The van der Waals surface area contributed by atoms with Crippen LogP contribution in [0.3, 0.4) is 0 Å². The molecule has 84 valence electrons. The molecule has 1 rings (SSSR count). The fraction of sp³-hybridized carbons (Fsp3) is 0.500. The zero-order valence-corrected chi connectivity index (χ0v) is 11.9. The van der Waals surface area contributed by atoms with Crippen LogP contribution in [0.2, 0.25) is 23.2 Å². The molecule has 0 saturated carbocycles. The zero-order valence-electron chi connectivity index (χ0n) is 10.1. The summed E-state index contributed by atoms with van der Waals surface area (Å²) in [6.07, 6.45) is 0. The molecule has 0 amide bonds. The summed E-state index contributed by atoms with van der Waals surface area (Å²) in [7, 11) is -1.71. The van der Waals surface area contributed by atoms with Crippen molar-refractivity contribution in [2.45, 2.75) is 38.9 Å². The van der Waals surface area contributed by atoms with Crippen molar-refractivity contribution in [2.24, 2.45) is 0 Å². The van der Waals surface area contributed by atoms with Gasteiger partial charge in [-0.15, -0.1) is 0 Å². The Morgan fingerprint density at radius 1 is 1.07 bits per heavy atom. The number of rotatable bonds is 2. The summed E-state index contributed by atoms with van der Waals surface area (Å²) in [5.74, 6) is 0.922. The van der Waals surface area contributed by atoms with Gasteiger partial charge in [0.25, 0.3) is 0 Å². The van der Waals surface area contributed by atoms with Crippen molar-refractivity contribution in [1.82, 2.24) is 0 Å². The molecule has 0 unspecified atom stereocenters. The van der Waals surface area contributed by atoms with E-state index in [4.69, 9.17) is 16.0 Å². The Hall–Kier alpha value is -0.473. The second-order valence-electron chi connectivity index (χ2n) is 5.32. The number of hydrogen-bond acceptors (Lipinski definition) is 1. The van der Waals surface area contributed by atoms with Crippen LogP contribution in [0.1, 0.15) is 20.8 Å². The van der Waals surface area contributed by atoms with Gasteiger partial charge < -0.3 is 4.43 Å². The molecule has 0 N–H and O–H groups in total. The normalized spacial score (nSPS) is 12.7. The van der Waals surface area contributed by atoms with Gasteiger partial charge >= 0.3 is 0 Å². The van der Waals surface area contributed by atoms with Crippen molar-refractivity contribution in [3.05, 3.63) is 29.3 Å². The second-order valence-corrected chi connectivity index (χ2v) is 10.5. The van der Waals surface area contributed by atoms with Crippen molar-refractivity contribution in [2.75, 3.05) is 0 Å². The van der Waals surface area contributed by atoms with E-state index in [-0.39, 0.29) is 5.04 Å². The molecule has 0 fully saturated rings. The highest BCUT2D eigenvalue weighted by atomic mass is 35.5. The molecule has 0 bridgehead atoms.